The van der Waals surface area contributed by atoms with E-state index in [1.54, 1.807) is 25.8 Å². The van der Waals surface area contributed by atoms with Gasteiger partial charge in [0, 0.05) is 10.6 Å². The molecule has 1 aromatic rings. The fourth-order valence-corrected chi connectivity index (χ4v) is 5.61. The molecular formula is C16H24N2O3S2. The SMILES string of the molecule is CC1=C(C)N(N)C(C(C)OS(=O)(=O)c2c(C)cc(C)cc2C)S1. The van der Waals surface area contributed by atoms with Gasteiger partial charge in [0.25, 0.3) is 10.1 Å². The number of thioether (sulfide) groups is 1. The molecule has 0 fully saturated rings. The summed E-state index contributed by atoms with van der Waals surface area (Å²) < 4.78 is 30.9. The Kier molecular flexibility index (Phi) is 5.15. The molecule has 2 rings (SSSR count). The molecule has 0 spiro atoms. The summed E-state index contributed by atoms with van der Waals surface area (Å²) in [5, 5.41) is 1.32. The van der Waals surface area contributed by atoms with Gasteiger partial charge in [-0.15, -0.1) is 0 Å². The molecule has 2 N–H and O–H groups in total. The summed E-state index contributed by atoms with van der Waals surface area (Å²) >= 11 is 1.53. The van der Waals surface area contributed by atoms with Crippen molar-refractivity contribution in [2.24, 2.45) is 5.84 Å². The van der Waals surface area contributed by atoms with E-state index in [1.165, 1.54) is 11.8 Å². The second-order valence-electron chi connectivity index (χ2n) is 6.04. The molecule has 2 atom stereocenters. The van der Waals surface area contributed by atoms with E-state index >= 15 is 0 Å². The van der Waals surface area contributed by atoms with E-state index < -0.39 is 16.2 Å². The van der Waals surface area contributed by atoms with Crippen LogP contribution in [0.15, 0.2) is 27.6 Å². The Hall–Kier alpha value is -1.02. The fourth-order valence-electron chi connectivity index (χ4n) is 2.87. The topological polar surface area (TPSA) is 72.6 Å². The number of benzene rings is 1. The maximum Gasteiger partial charge on any atom is 0.297 e. The predicted molar refractivity (Wildman–Crippen MR) is 94.2 cm³/mol. The van der Waals surface area contributed by atoms with Gasteiger partial charge in [0.1, 0.15) is 11.5 Å². The highest BCUT2D eigenvalue weighted by Gasteiger charge is 2.35. The summed E-state index contributed by atoms with van der Waals surface area (Å²) in [7, 11) is -3.85. The quantitative estimate of drug-likeness (QED) is 0.660. The van der Waals surface area contributed by atoms with Crippen molar-refractivity contribution in [3.05, 3.63) is 39.4 Å². The summed E-state index contributed by atoms with van der Waals surface area (Å²) in [4.78, 5) is 1.33. The lowest BCUT2D eigenvalue weighted by Gasteiger charge is -2.27. The Morgan fingerprint density at radius 1 is 1.17 bits per heavy atom. The number of nitrogens with zero attached hydrogens (tertiary/aromatic N) is 1. The lowest BCUT2D eigenvalue weighted by Crippen LogP contribution is -2.42. The lowest BCUT2D eigenvalue weighted by molar-refractivity contribution is 0.158. The molecule has 0 aromatic heterocycles. The van der Waals surface area contributed by atoms with Gasteiger partial charge in [-0.05, 0) is 52.7 Å². The number of rotatable bonds is 4. The van der Waals surface area contributed by atoms with Gasteiger partial charge in [-0.3, -0.25) is 9.19 Å². The number of hydrogen-bond acceptors (Lipinski definition) is 6. The minimum Gasteiger partial charge on any atom is -0.299 e. The molecule has 1 aromatic carbocycles. The molecule has 0 amide bonds. The van der Waals surface area contributed by atoms with Gasteiger partial charge >= 0.3 is 0 Å². The van der Waals surface area contributed by atoms with Crippen molar-refractivity contribution in [1.29, 1.82) is 0 Å². The Morgan fingerprint density at radius 3 is 2.13 bits per heavy atom. The van der Waals surface area contributed by atoms with Crippen LogP contribution in [0.3, 0.4) is 0 Å². The van der Waals surface area contributed by atoms with Crippen LogP contribution in [0.1, 0.15) is 37.5 Å². The van der Waals surface area contributed by atoms with Gasteiger partial charge in [0.15, 0.2) is 0 Å². The van der Waals surface area contributed by atoms with E-state index in [9.17, 15) is 8.42 Å². The molecule has 0 bridgehead atoms. The van der Waals surface area contributed by atoms with E-state index in [-0.39, 0.29) is 10.3 Å². The highest BCUT2D eigenvalue weighted by molar-refractivity contribution is 8.03. The maximum atomic E-state index is 12.7. The molecule has 1 aliphatic heterocycles. The first-order valence-electron chi connectivity index (χ1n) is 7.44. The van der Waals surface area contributed by atoms with Crippen molar-refractivity contribution in [3.63, 3.8) is 0 Å². The highest BCUT2D eigenvalue weighted by Crippen LogP contribution is 2.38. The van der Waals surface area contributed by atoms with Crippen molar-refractivity contribution in [1.82, 2.24) is 5.01 Å². The van der Waals surface area contributed by atoms with Crippen LogP contribution in [0.25, 0.3) is 0 Å². The predicted octanol–water partition coefficient (Wildman–Crippen LogP) is 3.21. The molecule has 0 saturated carbocycles. The van der Waals surface area contributed by atoms with Crippen molar-refractivity contribution in [3.8, 4) is 0 Å². The standard InChI is InChI=1S/C16H24N2O3S2/c1-9-7-10(2)15(11(3)8-9)23(19,20)21-13(5)16-18(17)12(4)14(6)22-16/h7-8,13,16H,17H2,1-6H3. The van der Waals surface area contributed by atoms with Crippen LogP contribution in [0.5, 0.6) is 0 Å². The summed E-state index contributed by atoms with van der Waals surface area (Å²) in [5.41, 5.74) is 3.37. The molecule has 0 aliphatic carbocycles. The van der Waals surface area contributed by atoms with Crippen LogP contribution in [-0.2, 0) is 14.3 Å². The molecule has 7 heteroatoms. The van der Waals surface area contributed by atoms with Crippen LogP contribution in [0.4, 0.5) is 0 Å². The third-order valence-corrected chi connectivity index (χ3v) is 7.20. The van der Waals surface area contributed by atoms with E-state index in [4.69, 9.17) is 10.0 Å². The zero-order valence-electron chi connectivity index (χ0n) is 14.4. The summed E-state index contributed by atoms with van der Waals surface area (Å²) in [6.07, 6.45) is -0.567. The van der Waals surface area contributed by atoms with Gasteiger partial charge in [-0.2, -0.15) is 8.42 Å². The number of nitrogens with two attached hydrogens (primary N) is 1. The third kappa shape index (κ3) is 3.57. The molecule has 23 heavy (non-hydrogen) atoms. The van der Waals surface area contributed by atoms with E-state index in [2.05, 4.69) is 0 Å². The first kappa shape index (κ1) is 18.3. The Bertz CT molecular complexity index is 734. The average Bonchev–Trinajstić information content (AvgIpc) is 2.64. The van der Waals surface area contributed by atoms with E-state index in [0.29, 0.717) is 11.1 Å². The Labute approximate surface area is 143 Å². The zero-order chi connectivity index (χ0) is 17.5. The molecule has 1 aliphatic rings. The van der Waals surface area contributed by atoms with Crippen molar-refractivity contribution in [2.45, 2.75) is 57.9 Å². The normalized spacial score (nSPS) is 20.3. The second-order valence-corrected chi connectivity index (χ2v) is 8.88. The fraction of sp³-hybridized carbons (Fsp3) is 0.500. The first-order valence-corrected chi connectivity index (χ1v) is 9.72. The maximum absolute atomic E-state index is 12.7. The van der Waals surface area contributed by atoms with Gasteiger partial charge < -0.3 is 0 Å². The second kappa shape index (κ2) is 6.47. The molecular weight excluding hydrogens is 332 g/mol. The van der Waals surface area contributed by atoms with Gasteiger partial charge in [0.2, 0.25) is 0 Å². The lowest BCUT2D eigenvalue weighted by atomic mass is 10.1. The van der Waals surface area contributed by atoms with Crippen molar-refractivity contribution >= 4 is 21.9 Å². The molecule has 1 heterocycles. The van der Waals surface area contributed by atoms with Crippen LogP contribution in [0, 0.1) is 20.8 Å². The molecule has 5 nitrogen and oxygen atoms in total. The number of hydrogen-bond donors (Lipinski definition) is 1. The Balaban J connectivity index is 2.26. The van der Waals surface area contributed by atoms with Crippen LogP contribution >= 0.6 is 11.8 Å². The minimum atomic E-state index is -3.85. The first-order chi connectivity index (χ1) is 10.5. The van der Waals surface area contributed by atoms with Gasteiger partial charge in [-0.25, -0.2) is 5.84 Å². The van der Waals surface area contributed by atoms with Gasteiger partial charge in [-0.1, -0.05) is 29.5 Å². The molecule has 128 valence electrons. The molecule has 0 saturated heterocycles. The smallest absolute Gasteiger partial charge is 0.297 e. The van der Waals surface area contributed by atoms with Crippen LogP contribution in [-0.4, -0.2) is 24.9 Å². The highest BCUT2D eigenvalue weighted by atomic mass is 32.2. The molecule has 0 radical (unpaired) electrons. The number of allylic oxidation sites excluding steroid dienone is 2. The number of hydrazine groups is 1. The molecule has 2 unspecified atom stereocenters. The summed E-state index contributed by atoms with van der Waals surface area (Å²) in [5.74, 6) is 6.03. The monoisotopic (exact) mass is 356 g/mol. The van der Waals surface area contributed by atoms with Crippen molar-refractivity contribution in [2.75, 3.05) is 0 Å². The summed E-state index contributed by atoms with van der Waals surface area (Å²) in [6.45, 7) is 11.1. The number of aryl methyl sites for hydroxylation is 3. The average molecular weight is 357 g/mol. The van der Waals surface area contributed by atoms with E-state index in [0.717, 1.165) is 16.2 Å². The van der Waals surface area contributed by atoms with E-state index in [1.807, 2.05) is 32.9 Å². The zero-order valence-corrected chi connectivity index (χ0v) is 16.0. The third-order valence-electron chi connectivity index (χ3n) is 4.00. The van der Waals surface area contributed by atoms with Crippen LogP contribution in [0.2, 0.25) is 0 Å². The Morgan fingerprint density at radius 2 is 1.70 bits per heavy atom. The van der Waals surface area contributed by atoms with Crippen LogP contribution < -0.4 is 5.84 Å². The minimum absolute atomic E-state index is 0.253. The van der Waals surface area contributed by atoms with Gasteiger partial charge in [0.05, 0.1) is 4.90 Å². The largest absolute Gasteiger partial charge is 0.299 e. The van der Waals surface area contributed by atoms with Crippen molar-refractivity contribution < 1.29 is 12.6 Å². The summed E-state index contributed by atoms with van der Waals surface area (Å²) in [6, 6.07) is 3.70.